The van der Waals surface area contributed by atoms with Crippen molar-refractivity contribution in [1.29, 1.82) is 5.26 Å². The Bertz CT molecular complexity index is 932. The van der Waals surface area contributed by atoms with E-state index in [1.165, 1.54) is 36.4 Å². The summed E-state index contributed by atoms with van der Waals surface area (Å²) in [4.78, 5) is 23.6. The molecule has 2 aromatic carbocycles. The van der Waals surface area contributed by atoms with Gasteiger partial charge in [-0.25, -0.2) is 13.2 Å². The molecular weight excluding hydrogens is 356 g/mol. The molecule has 2 N–H and O–H groups in total. The summed E-state index contributed by atoms with van der Waals surface area (Å²) in [6, 6.07) is 13.9. The molecule has 8 heteroatoms. The molecular formula is C18H16N2O5S. The topological polar surface area (TPSA) is 124 Å². The van der Waals surface area contributed by atoms with Gasteiger partial charge in [0.15, 0.2) is 9.84 Å². The van der Waals surface area contributed by atoms with Gasteiger partial charge in [-0.05, 0) is 42.8 Å². The Morgan fingerprint density at radius 3 is 2.23 bits per heavy atom. The van der Waals surface area contributed by atoms with Crippen LogP contribution >= 0.6 is 0 Å². The lowest BCUT2D eigenvalue weighted by Crippen LogP contribution is -2.41. The van der Waals surface area contributed by atoms with Gasteiger partial charge in [0.05, 0.1) is 22.3 Å². The second-order valence-corrected chi connectivity index (χ2v) is 7.58. The van der Waals surface area contributed by atoms with E-state index in [9.17, 15) is 23.1 Å². The van der Waals surface area contributed by atoms with Crippen molar-refractivity contribution in [3.05, 3.63) is 65.7 Å². The highest BCUT2D eigenvalue weighted by atomic mass is 32.2. The highest BCUT2D eigenvalue weighted by Gasteiger charge is 2.24. The molecule has 0 bridgehead atoms. The summed E-state index contributed by atoms with van der Waals surface area (Å²) in [7, 11) is -3.65. The number of carboxylic acids is 1. The molecule has 0 spiro atoms. The van der Waals surface area contributed by atoms with Gasteiger partial charge in [-0.3, -0.25) is 4.79 Å². The normalized spacial score (nSPS) is 12.0. The van der Waals surface area contributed by atoms with Gasteiger partial charge in [-0.15, -0.1) is 0 Å². The number of hydrogen-bond acceptors (Lipinski definition) is 5. The lowest BCUT2D eigenvalue weighted by Gasteiger charge is -2.15. The van der Waals surface area contributed by atoms with Crippen LogP contribution < -0.4 is 5.32 Å². The van der Waals surface area contributed by atoms with E-state index in [-0.39, 0.29) is 16.9 Å². The van der Waals surface area contributed by atoms with E-state index in [0.29, 0.717) is 5.56 Å². The zero-order valence-corrected chi connectivity index (χ0v) is 14.4. The summed E-state index contributed by atoms with van der Waals surface area (Å²) in [5.41, 5.74) is 0.548. The number of nitriles is 1. The highest BCUT2D eigenvalue weighted by Crippen LogP contribution is 2.12. The fraction of sp³-hybridized carbons (Fsp3) is 0.167. The molecule has 2 rings (SSSR count). The number of carbonyl (C=O) groups excluding carboxylic acids is 1. The number of nitrogens with one attached hydrogen (secondary N) is 1. The second-order valence-electron chi connectivity index (χ2n) is 5.47. The van der Waals surface area contributed by atoms with Crippen molar-refractivity contribution in [2.75, 3.05) is 5.75 Å². The SMILES string of the molecule is N#Cc1ccc(C(=O)N[C@@H](CCS(=O)(=O)c2ccccc2)C(=O)O)cc1. The second kappa shape index (κ2) is 8.27. The van der Waals surface area contributed by atoms with Gasteiger partial charge in [-0.2, -0.15) is 5.26 Å². The standard InChI is InChI=1S/C18H16N2O5S/c19-12-13-6-8-14(9-7-13)17(21)20-16(18(22)23)10-11-26(24,25)15-4-2-1-3-5-15/h1-9,16H,10-11H2,(H,20,21)(H,22,23)/t16-/m0/s1. The van der Waals surface area contributed by atoms with Crippen LogP contribution in [0.15, 0.2) is 59.5 Å². The first kappa shape index (κ1) is 19.1. The molecule has 0 aromatic heterocycles. The number of amides is 1. The van der Waals surface area contributed by atoms with Gasteiger partial charge in [0.2, 0.25) is 0 Å². The fourth-order valence-corrected chi connectivity index (χ4v) is 3.57. The summed E-state index contributed by atoms with van der Waals surface area (Å²) in [5, 5.41) is 20.3. The minimum Gasteiger partial charge on any atom is -0.480 e. The van der Waals surface area contributed by atoms with Gasteiger partial charge >= 0.3 is 5.97 Å². The van der Waals surface area contributed by atoms with Crippen molar-refractivity contribution >= 4 is 21.7 Å². The van der Waals surface area contributed by atoms with E-state index in [2.05, 4.69) is 5.32 Å². The number of carbonyl (C=O) groups is 2. The molecule has 2 aromatic rings. The molecule has 1 atom stereocenters. The minimum absolute atomic E-state index is 0.0996. The van der Waals surface area contributed by atoms with E-state index in [4.69, 9.17) is 5.26 Å². The number of benzene rings is 2. The smallest absolute Gasteiger partial charge is 0.326 e. The quantitative estimate of drug-likeness (QED) is 0.761. The maximum atomic E-state index is 12.2. The third kappa shape index (κ3) is 4.91. The summed E-state index contributed by atoms with van der Waals surface area (Å²) in [5.74, 6) is -2.39. The Labute approximate surface area is 150 Å². The number of aliphatic carboxylic acids is 1. The molecule has 0 saturated heterocycles. The number of carboxylic acid groups (broad SMARTS) is 1. The molecule has 7 nitrogen and oxygen atoms in total. The van der Waals surface area contributed by atoms with Gasteiger partial charge in [0.1, 0.15) is 6.04 Å². The van der Waals surface area contributed by atoms with Crippen LogP contribution in [-0.4, -0.2) is 37.2 Å². The predicted molar refractivity (Wildman–Crippen MR) is 93.2 cm³/mol. The van der Waals surface area contributed by atoms with E-state index in [1.54, 1.807) is 18.2 Å². The van der Waals surface area contributed by atoms with Crippen molar-refractivity contribution in [3.63, 3.8) is 0 Å². The Morgan fingerprint density at radius 1 is 1.08 bits per heavy atom. The number of hydrogen-bond donors (Lipinski definition) is 2. The molecule has 0 unspecified atom stereocenters. The molecule has 0 aliphatic carbocycles. The molecule has 0 fully saturated rings. The summed E-state index contributed by atoms with van der Waals surface area (Å²) < 4.78 is 24.5. The van der Waals surface area contributed by atoms with Gasteiger partial charge in [0, 0.05) is 5.56 Å². The van der Waals surface area contributed by atoms with Crippen molar-refractivity contribution in [2.24, 2.45) is 0 Å². The average Bonchev–Trinajstić information content (AvgIpc) is 2.65. The number of rotatable bonds is 7. The Balaban J connectivity index is 2.06. The van der Waals surface area contributed by atoms with Crippen LogP contribution in [0.2, 0.25) is 0 Å². The number of nitrogens with zero attached hydrogens (tertiary/aromatic N) is 1. The monoisotopic (exact) mass is 372 g/mol. The molecule has 26 heavy (non-hydrogen) atoms. The van der Waals surface area contributed by atoms with Crippen LogP contribution in [-0.2, 0) is 14.6 Å². The van der Waals surface area contributed by atoms with Gasteiger partial charge < -0.3 is 10.4 Å². The maximum absolute atomic E-state index is 12.2. The fourth-order valence-electron chi connectivity index (χ4n) is 2.21. The molecule has 1 amide bonds. The van der Waals surface area contributed by atoms with E-state index >= 15 is 0 Å². The van der Waals surface area contributed by atoms with Crippen molar-refractivity contribution < 1.29 is 23.1 Å². The lowest BCUT2D eigenvalue weighted by atomic mass is 10.1. The first-order valence-electron chi connectivity index (χ1n) is 7.65. The highest BCUT2D eigenvalue weighted by molar-refractivity contribution is 7.91. The van der Waals surface area contributed by atoms with Crippen LogP contribution in [0.25, 0.3) is 0 Å². The minimum atomic E-state index is -3.65. The third-order valence-corrected chi connectivity index (χ3v) is 5.42. The zero-order valence-electron chi connectivity index (χ0n) is 13.6. The summed E-state index contributed by atoms with van der Waals surface area (Å²) >= 11 is 0. The van der Waals surface area contributed by atoms with E-state index < -0.39 is 33.5 Å². The first-order valence-corrected chi connectivity index (χ1v) is 9.30. The Hall–Kier alpha value is -3.18. The van der Waals surface area contributed by atoms with E-state index in [0.717, 1.165) is 0 Å². The zero-order chi connectivity index (χ0) is 19.2. The summed E-state index contributed by atoms with van der Waals surface area (Å²) in [6.07, 6.45) is -0.269. The van der Waals surface area contributed by atoms with Crippen molar-refractivity contribution in [1.82, 2.24) is 5.32 Å². The molecule has 0 aliphatic heterocycles. The van der Waals surface area contributed by atoms with Crippen LogP contribution in [0, 0.1) is 11.3 Å². The van der Waals surface area contributed by atoms with Gasteiger partial charge in [0.25, 0.3) is 5.91 Å². The Morgan fingerprint density at radius 2 is 1.69 bits per heavy atom. The van der Waals surface area contributed by atoms with Crippen molar-refractivity contribution in [2.45, 2.75) is 17.4 Å². The third-order valence-electron chi connectivity index (χ3n) is 3.66. The largest absolute Gasteiger partial charge is 0.480 e. The maximum Gasteiger partial charge on any atom is 0.326 e. The molecule has 0 radical (unpaired) electrons. The average molecular weight is 372 g/mol. The van der Waals surface area contributed by atoms with E-state index in [1.807, 2.05) is 6.07 Å². The summed E-state index contributed by atoms with van der Waals surface area (Å²) in [6.45, 7) is 0. The lowest BCUT2D eigenvalue weighted by molar-refractivity contribution is -0.139. The molecule has 0 aliphatic rings. The van der Waals surface area contributed by atoms with Crippen LogP contribution in [0.1, 0.15) is 22.3 Å². The molecule has 0 saturated carbocycles. The number of sulfone groups is 1. The first-order chi connectivity index (χ1) is 12.3. The van der Waals surface area contributed by atoms with Gasteiger partial charge in [-0.1, -0.05) is 18.2 Å². The van der Waals surface area contributed by atoms with Crippen molar-refractivity contribution in [3.8, 4) is 6.07 Å². The Kier molecular flexibility index (Phi) is 6.09. The van der Waals surface area contributed by atoms with Crippen LogP contribution in [0.3, 0.4) is 0 Å². The molecule has 134 valence electrons. The van der Waals surface area contributed by atoms with Crippen LogP contribution in [0.5, 0.6) is 0 Å². The molecule has 0 heterocycles. The van der Waals surface area contributed by atoms with Crippen LogP contribution in [0.4, 0.5) is 0 Å². The predicted octanol–water partition coefficient (Wildman–Crippen LogP) is 1.61.